The van der Waals surface area contributed by atoms with Crippen LogP contribution < -0.4 is 9.75 Å². The zero-order valence-corrected chi connectivity index (χ0v) is 9.58. The molecule has 1 aromatic rings. The molecule has 1 aliphatic carbocycles. The fourth-order valence-electron chi connectivity index (χ4n) is 1.56. The van der Waals surface area contributed by atoms with E-state index in [9.17, 15) is 0 Å². The second kappa shape index (κ2) is 4.03. The molecule has 0 radical (unpaired) electrons. The van der Waals surface area contributed by atoms with E-state index >= 15 is 0 Å². The Bertz CT molecular complexity index is 536. The summed E-state index contributed by atoms with van der Waals surface area (Å²) in [5.74, 6) is 0.455. The molecule has 0 spiro atoms. The Balaban J connectivity index is 2.62. The number of fused-ring (bicyclic) bond motifs is 1. The number of thiophene rings is 1. The van der Waals surface area contributed by atoms with E-state index in [-0.39, 0.29) is 0 Å². The molecule has 1 N–H and O–H groups in total. The Labute approximate surface area is 92.6 Å². The molecule has 1 heterocycles. The lowest BCUT2D eigenvalue weighted by Crippen LogP contribution is -2.17. The molecule has 2 nitrogen and oxygen atoms in total. The molecule has 0 saturated carbocycles. The van der Waals surface area contributed by atoms with Crippen molar-refractivity contribution in [3.8, 4) is 0 Å². The first-order valence-electron chi connectivity index (χ1n) is 4.90. The van der Waals surface area contributed by atoms with Crippen molar-refractivity contribution in [3.63, 3.8) is 0 Å². The zero-order valence-electron chi connectivity index (χ0n) is 8.77. The fraction of sp³-hybridized carbons (Fsp3) is 0.250. The van der Waals surface area contributed by atoms with Gasteiger partial charge in [0.1, 0.15) is 0 Å². The van der Waals surface area contributed by atoms with Crippen LogP contribution in [0.5, 0.6) is 0 Å². The predicted octanol–water partition coefficient (Wildman–Crippen LogP) is 1.71. The van der Waals surface area contributed by atoms with Crippen molar-refractivity contribution in [2.45, 2.75) is 13.8 Å². The van der Waals surface area contributed by atoms with Crippen molar-refractivity contribution in [1.82, 2.24) is 0 Å². The summed E-state index contributed by atoms with van der Waals surface area (Å²) in [5.41, 5.74) is 0.673. The number of hydrogen-bond donors (Lipinski definition) is 1. The van der Waals surface area contributed by atoms with Crippen LogP contribution >= 0.6 is 11.3 Å². The Morgan fingerprint density at radius 1 is 1.53 bits per heavy atom. The highest BCUT2D eigenvalue weighted by Gasteiger charge is 2.04. The van der Waals surface area contributed by atoms with E-state index < -0.39 is 0 Å². The van der Waals surface area contributed by atoms with E-state index in [4.69, 9.17) is 5.21 Å². The number of oxime groups is 1. The molecule has 0 aliphatic heterocycles. The molecular weight excluding hydrogens is 206 g/mol. The molecule has 2 rings (SSSR count). The summed E-state index contributed by atoms with van der Waals surface area (Å²) in [7, 11) is 0. The average Bonchev–Trinajstić information content (AvgIpc) is 2.53. The van der Waals surface area contributed by atoms with Crippen LogP contribution in [0.15, 0.2) is 23.4 Å². The summed E-state index contributed by atoms with van der Waals surface area (Å²) in [6.07, 6.45) is 8.58. The normalized spacial score (nSPS) is 20.1. The predicted molar refractivity (Wildman–Crippen MR) is 64.8 cm³/mol. The Kier molecular flexibility index (Phi) is 2.73. The Morgan fingerprint density at radius 2 is 2.33 bits per heavy atom. The zero-order chi connectivity index (χ0) is 10.8. The second-order valence-electron chi connectivity index (χ2n) is 3.69. The molecule has 0 saturated heterocycles. The lowest BCUT2D eigenvalue weighted by atomic mass is 10.1. The van der Waals surface area contributed by atoms with Crippen LogP contribution in [-0.2, 0) is 0 Å². The van der Waals surface area contributed by atoms with Crippen molar-refractivity contribution in [2.75, 3.05) is 0 Å². The van der Waals surface area contributed by atoms with Gasteiger partial charge in [0.15, 0.2) is 0 Å². The molecule has 78 valence electrons. The van der Waals surface area contributed by atoms with Gasteiger partial charge in [-0.15, -0.1) is 11.3 Å². The van der Waals surface area contributed by atoms with Gasteiger partial charge in [0.25, 0.3) is 0 Å². The van der Waals surface area contributed by atoms with Gasteiger partial charge >= 0.3 is 0 Å². The molecule has 15 heavy (non-hydrogen) atoms. The minimum atomic E-state index is 0.455. The first kappa shape index (κ1) is 10.2. The molecular formula is C12H13NOS. The number of rotatable bonds is 1. The molecule has 0 aromatic carbocycles. The second-order valence-corrected chi connectivity index (χ2v) is 4.78. The van der Waals surface area contributed by atoms with Crippen LogP contribution in [0.3, 0.4) is 0 Å². The standard InChI is InChI=1S/C12H13NOS/c1-8-4-3-5-11-10(6-8)7-12(15-11)9(2)13-14/h3-8,14H,1-2H3/b13-9-. The smallest absolute Gasteiger partial charge is 0.0936 e. The molecule has 0 fully saturated rings. The maximum Gasteiger partial charge on any atom is 0.0936 e. The van der Waals surface area contributed by atoms with E-state index in [1.165, 1.54) is 9.75 Å². The van der Waals surface area contributed by atoms with Crippen LogP contribution in [0, 0.1) is 5.92 Å². The highest BCUT2D eigenvalue weighted by atomic mass is 32.1. The van der Waals surface area contributed by atoms with Gasteiger partial charge in [0.05, 0.1) is 10.6 Å². The van der Waals surface area contributed by atoms with E-state index in [1.54, 1.807) is 11.3 Å². The number of hydrogen-bond acceptors (Lipinski definition) is 3. The minimum Gasteiger partial charge on any atom is -0.411 e. The van der Waals surface area contributed by atoms with Crippen molar-refractivity contribution in [1.29, 1.82) is 0 Å². The van der Waals surface area contributed by atoms with Gasteiger partial charge in [-0.1, -0.05) is 30.3 Å². The third-order valence-corrected chi connectivity index (χ3v) is 3.63. The topological polar surface area (TPSA) is 32.6 Å². The molecule has 0 bridgehead atoms. The number of allylic oxidation sites excluding steroid dienone is 2. The molecule has 1 aromatic heterocycles. The SMILES string of the molecule is C/C(=N/O)c1cc2c(s1)=CC=CC(C)C=2. The summed E-state index contributed by atoms with van der Waals surface area (Å²) >= 11 is 1.65. The summed E-state index contributed by atoms with van der Waals surface area (Å²) < 4.78 is 1.23. The summed E-state index contributed by atoms with van der Waals surface area (Å²) in [6, 6.07) is 2.08. The molecule has 1 unspecified atom stereocenters. The maximum atomic E-state index is 8.72. The van der Waals surface area contributed by atoms with E-state index in [0.29, 0.717) is 11.6 Å². The quantitative estimate of drug-likeness (QED) is 0.435. The number of nitrogens with zero attached hydrogens (tertiary/aromatic N) is 1. The van der Waals surface area contributed by atoms with Crippen LogP contribution in [0.2, 0.25) is 0 Å². The van der Waals surface area contributed by atoms with Gasteiger partial charge in [-0.25, -0.2) is 0 Å². The van der Waals surface area contributed by atoms with E-state index in [2.05, 4.69) is 42.4 Å². The van der Waals surface area contributed by atoms with E-state index in [0.717, 1.165) is 4.88 Å². The van der Waals surface area contributed by atoms with Crippen LogP contribution in [0.1, 0.15) is 18.7 Å². The van der Waals surface area contributed by atoms with Crippen molar-refractivity contribution < 1.29 is 5.21 Å². The monoisotopic (exact) mass is 219 g/mol. The molecule has 1 atom stereocenters. The summed E-state index contributed by atoms with van der Waals surface area (Å²) in [5, 5.41) is 13.2. The van der Waals surface area contributed by atoms with Crippen LogP contribution in [-0.4, -0.2) is 10.9 Å². The fourth-order valence-corrected chi connectivity index (χ4v) is 2.57. The van der Waals surface area contributed by atoms with Gasteiger partial charge in [0.2, 0.25) is 0 Å². The largest absolute Gasteiger partial charge is 0.411 e. The average molecular weight is 219 g/mol. The highest BCUT2D eigenvalue weighted by Crippen LogP contribution is 2.06. The third kappa shape index (κ3) is 2.02. The van der Waals surface area contributed by atoms with Crippen LogP contribution in [0.25, 0.3) is 12.2 Å². The Hall–Kier alpha value is -1.35. The molecule has 3 heteroatoms. The van der Waals surface area contributed by atoms with Gasteiger partial charge < -0.3 is 5.21 Å². The van der Waals surface area contributed by atoms with Crippen molar-refractivity contribution >= 4 is 29.2 Å². The lowest BCUT2D eigenvalue weighted by Gasteiger charge is -1.92. The minimum absolute atomic E-state index is 0.455. The van der Waals surface area contributed by atoms with Crippen molar-refractivity contribution in [3.05, 3.63) is 32.8 Å². The first-order chi connectivity index (χ1) is 7.20. The van der Waals surface area contributed by atoms with Crippen LogP contribution in [0.4, 0.5) is 0 Å². The summed E-state index contributed by atoms with van der Waals surface area (Å²) in [4.78, 5) is 1.03. The van der Waals surface area contributed by atoms with Gasteiger partial charge in [-0.2, -0.15) is 0 Å². The highest BCUT2D eigenvalue weighted by molar-refractivity contribution is 7.12. The summed E-state index contributed by atoms with van der Waals surface area (Å²) in [6.45, 7) is 3.97. The van der Waals surface area contributed by atoms with Gasteiger partial charge in [-0.3, -0.25) is 0 Å². The van der Waals surface area contributed by atoms with Gasteiger partial charge in [-0.05, 0) is 30.2 Å². The Morgan fingerprint density at radius 3 is 3.07 bits per heavy atom. The van der Waals surface area contributed by atoms with Crippen molar-refractivity contribution in [2.24, 2.45) is 11.1 Å². The first-order valence-corrected chi connectivity index (χ1v) is 5.71. The third-order valence-electron chi connectivity index (χ3n) is 2.40. The molecule has 1 aliphatic rings. The lowest BCUT2D eigenvalue weighted by molar-refractivity contribution is 0.319. The maximum absolute atomic E-state index is 8.72. The van der Waals surface area contributed by atoms with E-state index in [1.807, 2.05) is 6.92 Å². The van der Waals surface area contributed by atoms with Gasteiger partial charge in [0, 0.05) is 4.53 Å². The molecule has 0 amide bonds.